The summed E-state index contributed by atoms with van der Waals surface area (Å²) in [6, 6.07) is 13.4. The third kappa shape index (κ3) is 4.29. The third-order valence-corrected chi connectivity index (χ3v) is 5.17. The van der Waals surface area contributed by atoms with Crippen LogP contribution in [0.4, 0.5) is 0 Å². The van der Waals surface area contributed by atoms with Crippen molar-refractivity contribution in [1.82, 2.24) is 0 Å². The van der Waals surface area contributed by atoms with Crippen molar-refractivity contribution in [1.29, 1.82) is 0 Å². The van der Waals surface area contributed by atoms with Gasteiger partial charge in [0.2, 0.25) is 10.9 Å². The molecule has 0 N–H and O–H groups in total. The minimum absolute atomic E-state index is 0.161. The molecule has 0 saturated carbocycles. The standard InChI is InChI=1S/C16H14O4S2/c1-19-15-9-5-11(3-7-13(15)17)21-22-12-4-8-14(18)16(20-2)10-6-12/h3-10H,1-2H3. The third-order valence-electron chi connectivity index (χ3n) is 2.76. The fraction of sp³-hybridized carbons (Fsp3) is 0.125. The van der Waals surface area contributed by atoms with E-state index >= 15 is 0 Å². The number of rotatable bonds is 5. The van der Waals surface area contributed by atoms with Gasteiger partial charge >= 0.3 is 0 Å². The van der Waals surface area contributed by atoms with E-state index in [0.29, 0.717) is 11.5 Å². The molecule has 6 heteroatoms. The zero-order chi connectivity index (χ0) is 15.9. The summed E-state index contributed by atoms with van der Waals surface area (Å²) in [5.41, 5.74) is -0.322. The summed E-state index contributed by atoms with van der Waals surface area (Å²) >= 11 is 0. The van der Waals surface area contributed by atoms with E-state index in [9.17, 15) is 9.59 Å². The van der Waals surface area contributed by atoms with Gasteiger partial charge in [0.15, 0.2) is 11.5 Å². The van der Waals surface area contributed by atoms with E-state index in [-0.39, 0.29) is 10.9 Å². The smallest absolute Gasteiger partial charge is 0.220 e. The van der Waals surface area contributed by atoms with E-state index in [4.69, 9.17) is 9.47 Å². The van der Waals surface area contributed by atoms with E-state index < -0.39 is 0 Å². The molecule has 0 fully saturated rings. The lowest BCUT2D eigenvalue weighted by Crippen LogP contribution is -1.98. The van der Waals surface area contributed by atoms with E-state index in [0.717, 1.165) is 9.79 Å². The lowest BCUT2D eigenvalue weighted by Gasteiger charge is -1.96. The van der Waals surface area contributed by atoms with Gasteiger partial charge in [-0.2, -0.15) is 0 Å². The van der Waals surface area contributed by atoms with Crippen LogP contribution in [0.25, 0.3) is 0 Å². The van der Waals surface area contributed by atoms with Crippen molar-refractivity contribution in [2.45, 2.75) is 9.79 Å². The SMILES string of the molecule is COc1ccc(SSc2ccc(OC)c(=O)cc2)ccc1=O. The van der Waals surface area contributed by atoms with Crippen LogP contribution < -0.4 is 20.3 Å². The molecule has 0 atom stereocenters. The highest BCUT2D eigenvalue weighted by Crippen LogP contribution is 2.36. The highest BCUT2D eigenvalue weighted by molar-refractivity contribution is 8.76. The molecule has 0 aliphatic rings. The van der Waals surface area contributed by atoms with Crippen LogP contribution in [0.5, 0.6) is 11.5 Å². The molecule has 0 aromatic heterocycles. The first-order valence-electron chi connectivity index (χ1n) is 6.35. The largest absolute Gasteiger partial charge is 0.493 e. The number of methoxy groups -OCH3 is 2. The maximum Gasteiger partial charge on any atom is 0.220 e. The van der Waals surface area contributed by atoms with Gasteiger partial charge < -0.3 is 9.47 Å². The van der Waals surface area contributed by atoms with Gasteiger partial charge in [0, 0.05) is 9.79 Å². The Hall–Kier alpha value is -1.92. The summed E-state index contributed by atoms with van der Waals surface area (Å²) in [6.45, 7) is 0. The van der Waals surface area contributed by atoms with Gasteiger partial charge in [-0.1, -0.05) is 21.6 Å². The van der Waals surface area contributed by atoms with Crippen molar-refractivity contribution in [2.24, 2.45) is 0 Å². The lowest BCUT2D eigenvalue weighted by atomic mass is 10.5. The molecule has 0 aliphatic heterocycles. The van der Waals surface area contributed by atoms with Crippen LogP contribution in [0.3, 0.4) is 0 Å². The molecular formula is C16H14O4S2. The summed E-state index contributed by atoms with van der Waals surface area (Å²) in [4.78, 5) is 25.1. The minimum atomic E-state index is -0.161. The zero-order valence-electron chi connectivity index (χ0n) is 12.1. The average molecular weight is 334 g/mol. The highest BCUT2D eigenvalue weighted by Gasteiger charge is 2.01. The van der Waals surface area contributed by atoms with Gasteiger partial charge in [0.05, 0.1) is 14.2 Å². The second-order valence-corrected chi connectivity index (χ2v) is 6.45. The quantitative estimate of drug-likeness (QED) is 0.783. The first-order chi connectivity index (χ1) is 10.6. The van der Waals surface area contributed by atoms with Crippen molar-refractivity contribution in [2.75, 3.05) is 14.2 Å². The molecule has 0 heterocycles. The Kier molecular flexibility index (Phi) is 5.91. The van der Waals surface area contributed by atoms with Gasteiger partial charge in [-0.15, -0.1) is 0 Å². The summed E-state index contributed by atoms with van der Waals surface area (Å²) in [5, 5.41) is 0. The van der Waals surface area contributed by atoms with Gasteiger partial charge in [0.25, 0.3) is 0 Å². The molecule has 0 radical (unpaired) electrons. The fourth-order valence-corrected chi connectivity index (χ4v) is 3.55. The van der Waals surface area contributed by atoms with Crippen molar-refractivity contribution < 1.29 is 9.47 Å². The Morgan fingerprint density at radius 1 is 0.636 bits per heavy atom. The van der Waals surface area contributed by atoms with Crippen molar-refractivity contribution >= 4 is 21.6 Å². The number of ether oxygens (including phenoxy) is 2. The maximum absolute atomic E-state index is 11.6. The summed E-state index contributed by atoms with van der Waals surface area (Å²) in [6.07, 6.45) is 0. The molecule has 0 spiro atoms. The molecule has 0 amide bonds. The summed E-state index contributed by atoms with van der Waals surface area (Å²) in [7, 11) is 5.91. The highest BCUT2D eigenvalue weighted by atomic mass is 33.1. The maximum atomic E-state index is 11.6. The van der Waals surface area contributed by atoms with E-state index in [1.807, 2.05) is 12.1 Å². The normalized spacial score (nSPS) is 10.1. The van der Waals surface area contributed by atoms with E-state index in [1.165, 1.54) is 47.9 Å². The van der Waals surface area contributed by atoms with Crippen LogP contribution >= 0.6 is 21.6 Å². The predicted octanol–water partition coefficient (Wildman–Crippen LogP) is 3.22. The van der Waals surface area contributed by atoms with Gasteiger partial charge in [-0.3, -0.25) is 9.59 Å². The number of hydrogen-bond donors (Lipinski definition) is 0. The van der Waals surface area contributed by atoms with Crippen LogP contribution in [0.2, 0.25) is 0 Å². The van der Waals surface area contributed by atoms with Crippen molar-refractivity contribution in [3.8, 4) is 11.5 Å². The molecular weight excluding hydrogens is 320 g/mol. The van der Waals surface area contributed by atoms with Gasteiger partial charge in [-0.25, -0.2) is 0 Å². The molecule has 0 saturated heterocycles. The minimum Gasteiger partial charge on any atom is -0.493 e. The first kappa shape index (κ1) is 16.5. The molecule has 0 aliphatic carbocycles. The first-order valence-corrected chi connectivity index (χ1v) is 8.50. The Labute approximate surface area is 135 Å². The van der Waals surface area contributed by atoms with Crippen molar-refractivity contribution in [3.05, 3.63) is 69.0 Å². The Morgan fingerprint density at radius 3 is 1.36 bits per heavy atom. The molecule has 22 heavy (non-hydrogen) atoms. The lowest BCUT2D eigenvalue weighted by molar-refractivity contribution is 0.411. The molecule has 2 aromatic rings. The average Bonchev–Trinajstić information content (AvgIpc) is 2.81. The second-order valence-electron chi connectivity index (χ2n) is 4.17. The predicted molar refractivity (Wildman–Crippen MR) is 90.2 cm³/mol. The molecule has 2 aromatic carbocycles. The second kappa shape index (κ2) is 7.91. The molecule has 0 unspecified atom stereocenters. The van der Waals surface area contributed by atoms with Crippen LogP contribution in [-0.2, 0) is 0 Å². The molecule has 0 bridgehead atoms. The van der Waals surface area contributed by atoms with Crippen molar-refractivity contribution in [3.63, 3.8) is 0 Å². The summed E-state index contributed by atoms with van der Waals surface area (Å²) in [5.74, 6) is 0.618. The fourth-order valence-electron chi connectivity index (χ4n) is 1.62. The van der Waals surface area contributed by atoms with Gasteiger partial charge in [0.1, 0.15) is 0 Å². The summed E-state index contributed by atoms with van der Waals surface area (Å²) < 4.78 is 9.99. The Morgan fingerprint density at radius 2 is 1.00 bits per heavy atom. The Bertz CT molecular complexity index is 711. The zero-order valence-corrected chi connectivity index (χ0v) is 13.7. The van der Waals surface area contributed by atoms with Crippen LogP contribution in [0.15, 0.2) is 67.9 Å². The molecule has 2 rings (SSSR count). The topological polar surface area (TPSA) is 52.6 Å². The van der Waals surface area contributed by atoms with E-state index in [1.54, 1.807) is 24.3 Å². The molecule has 4 nitrogen and oxygen atoms in total. The number of hydrogen-bond acceptors (Lipinski definition) is 6. The monoisotopic (exact) mass is 334 g/mol. The van der Waals surface area contributed by atoms with E-state index in [2.05, 4.69) is 0 Å². The van der Waals surface area contributed by atoms with Crippen LogP contribution in [-0.4, -0.2) is 14.2 Å². The molecule has 114 valence electrons. The van der Waals surface area contributed by atoms with Gasteiger partial charge in [-0.05, 0) is 48.5 Å². The Balaban J connectivity index is 2.17. The van der Waals surface area contributed by atoms with Crippen LogP contribution in [0.1, 0.15) is 0 Å². The van der Waals surface area contributed by atoms with Crippen LogP contribution in [0, 0.1) is 0 Å².